The number of hydrazine groups is 1. The standard InChI is InChI=1S/C14H20F2N4/c15-11-3-1-2-10(14(11)16)8-12(18-17)13-9-19-4-6-20(13)7-5-19/h1-3,12-13,18H,4-9,17H2. The summed E-state index contributed by atoms with van der Waals surface area (Å²) in [5.41, 5.74) is 3.17. The lowest BCUT2D eigenvalue weighted by atomic mass is 9.94. The number of nitrogens with two attached hydrogens (primary N) is 1. The Bertz CT molecular complexity index is 474. The maximum atomic E-state index is 13.8. The molecule has 0 aromatic heterocycles. The molecular formula is C14H20F2N4. The third-order valence-electron chi connectivity index (χ3n) is 4.47. The van der Waals surface area contributed by atoms with Gasteiger partial charge in [-0.3, -0.25) is 21.1 Å². The van der Waals surface area contributed by atoms with E-state index in [1.165, 1.54) is 6.07 Å². The fourth-order valence-corrected chi connectivity index (χ4v) is 3.29. The molecule has 4 nitrogen and oxygen atoms in total. The van der Waals surface area contributed by atoms with Crippen LogP contribution >= 0.6 is 0 Å². The highest BCUT2D eigenvalue weighted by Gasteiger charge is 2.36. The summed E-state index contributed by atoms with van der Waals surface area (Å²) in [6, 6.07) is 4.48. The molecule has 110 valence electrons. The average Bonchev–Trinajstić information content (AvgIpc) is 2.50. The number of nitrogens with one attached hydrogen (secondary N) is 1. The third-order valence-corrected chi connectivity index (χ3v) is 4.47. The summed E-state index contributed by atoms with van der Waals surface area (Å²) < 4.78 is 27.1. The lowest BCUT2D eigenvalue weighted by Crippen LogP contribution is -2.67. The van der Waals surface area contributed by atoms with E-state index in [0.29, 0.717) is 12.0 Å². The van der Waals surface area contributed by atoms with Crippen LogP contribution in [0, 0.1) is 11.6 Å². The van der Waals surface area contributed by atoms with Gasteiger partial charge in [-0.05, 0) is 18.1 Å². The van der Waals surface area contributed by atoms with Gasteiger partial charge in [0.25, 0.3) is 0 Å². The second-order valence-corrected chi connectivity index (χ2v) is 5.59. The monoisotopic (exact) mass is 282 g/mol. The summed E-state index contributed by atoms with van der Waals surface area (Å²) in [4.78, 5) is 4.79. The van der Waals surface area contributed by atoms with Crippen molar-refractivity contribution >= 4 is 0 Å². The SMILES string of the molecule is NNC(Cc1cccc(F)c1F)C1CN2CCN1CC2. The maximum Gasteiger partial charge on any atom is 0.162 e. The van der Waals surface area contributed by atoms with Crippen LogP contribution in [0.25, 0.3) is 0 Å². The Morgan fingerprint density at radius 2 is 2.00 bits per heavy atom. The molecule has 0 radical (unpaired) electrons. The summed E-state index contributed by atoms with van der Waals surface area (Å²) >= 11 is 0. The van der Waals surface area contributed by atoms with Gasteiger partial charge in [-0.2, -0.15) is 0 Å². The van der Waals surface area contributed by atoms with Crippen LogP contribution in [0.4, 0.5) is 8.78 Å². The first kappa shape index (κ1) is 13.9. The van der Waals surface area contributed by atoms with Gasteiger partial charge in [0.15, 0.2) is 11.6 Å². The number of nitrogens with zero attached hydrogens (tertiary/aromatic N) is 2. The molecule has 3 N–H and O–H groups in total. The largest absolute Gasteiger partial charge is 0.299 e. The number of halogens is 2. The van der Waals surface area contributed by atoms with Gasteiger partial charge in [-0.15, -0.1) is 0 Å². The van der Waals surface area contributed by atoms with Gasteiger partial charge in [-0.1, -0.05) is 12.1 Å². The van der Waals surface area contributed by atoms with Crippen molar-refractivity contribution in [3.63, 3.8) is 0 Å². The van der Waals surface area contributed by atoms with Crippen LogP contribution < -0.4 is 11.3 Å². The summed E-state index contributed by atoms with van der Waals surface area (Å²) in [6.45, 7) is 5.15. The van der Waals surface area contributed by atoms with Crippen molar-refractivity contribution < 1.29 is 8.78 Å². The van der Waals surface area contributed by atoms with Gasteiger partial charge in [0, 0.05) is 44.8 Å². The maximum absolute atomic E-state index is 13.8. The third kappa shape index (κ3) is 2.56. The number of hydrogen-bond acceptors (Lipinski definition) is 4. The lowest BCUT2D eigenvalue weighted by Gasteiger charge is -2.50. The van der Waals surface area contributed by atoms with Crippen LogP contribution in [0.15, 0.2) is 18.2 Å². The molecule has 2 unspecified atom stereocenters. The minimum Gasteiger partial charge on any atom is -0.299 e. The van der Waals surface area contributed by atoms with E-state index in [0.717, 1.165) is 38.8 Å². The number of fused-ring (bicyclic) bond motifs is 3. The fourth-order valence-electron chi connectivity index (χ4n) is 3.29. The van der Waals surface area contributed by atoms with E-state index in [2.05, 4.69) is 15.2 Å². The first-order valence-corrected chi connectivity index (χ1v) is 7.04. The van der Waals surface area contributed by atoms with E-state index >= 15 is 0 Å². The van der Waals surface area contributed by atoms with Gasteiger partial charge in [0.2, 0.25) is 0 Å². The molecule has 1 aromatic rings. The molecule has 3 fully saturated rings. The van der Waals surface area contributed by atoms with E-state index in [9.17, 15) is 8.78 Å². The molecule has 3 aliphatic rings. The van der Waals surface area contributed by atoms with Crippen molar-refractivity contribution in [3.8, 4) is 0 Å². The molecule has 0 amide bonds. The zero-order valence-corrected chi connectivity index (χ0v) is 11.4. The predicted octanol–water partition coefficient (Wildman–Crippen LogP) is 0.339. The molecule has 3 saturated heterocycles. The Morgan fingerprint density at radius 3 is 2.60 bits per heavy atom. The molecular weight excluding hydrogens is 262 g/mol. The van der Waals surface area contributed by atoms with E-state index in [4.69, 9.17) is 5.84 Å². The highest BCUT2D eigenvalue weighted by atomic mass is 19.2. The van der Waals surface area contributed by atoms with Crippen LogP contribution in [0.3, 0.4) is 0 Å². The smallest absolute Gasteiger partial charge is 0.162 e. The predicted molar refractivity (Wildman–Crippen MR) is 73.0 cm³/mol. The second-order valence-electron chi connectivity index (χ2n) is 5.59. The van der Waals surface area contributed by atoms with Crippen LogP contribution in [-0.4, -0.2) is 54.6 Å². The zero-order valence-electron chi connectivity index (χ0n) is 11.4. The summed E-state index contributed by atoms with van der Waals surface area (Å²) in [5, 5.41) is 0. The Hall–Kier alpha value is -1.08. The van der Waals surface area contributed by atoms with Gasteiger partial charge >= 0.3 is 0 Å². The first-order valence-electron chi connectivity index (χ1n) is 7.04. The molecule has 0 saturated carbocycles. The molecule has 20 heavy (non-hydrogen) atoms. The fraction of sp³-hybridized carbons (Fsp3) is 0.571. The van der Waals surface area contributed by atoms with Gasteiger partial charge in [0.05, 0.1) is 0 Å². The van der Waals surface area contributed by atoms with E-state index in [-0.39, 0.29) is 12.1 Å². The topological polar surface area (TPSA) is 44.5 Å². The number of hydrogen-bond donors (Lipinski definition) is 2. The molecule has 3 aliphatic heterocycles. The highest BCUT2D eigenvalue weighted by Crippen LogP contribution is 2.21. The normalized spacial score (nSPS) is 30.4. The molecule has 0 spiro atoms. The molecule has 6 heteroatoms. The van der Waals surface area contributed by atoms with Gasteiger partial charge in [-0.25, -0.2) is 8.78 Å². The highest BCUT2D eigenvalue weighted by molar-refractivity contribution is 5.20. The van der Waals surface area contributed by atoms with Crippen molar-refractivity contribution in [3.05, 3.63) is 35.4 Å². The minimum absolute atomic E-state index is 0.0746. The van der Waals surface area contributed by atoms with E-state index < -0.39 is 11.6 Å². The summed E-state index contributed by atoms with van der Waals surface area (Å²) in [7, 11) is 0. The number of benzene rings is 1. The van der Waals surface area contributed by atoms with Crippen molar-refractivity contribution in [1.82, 2.24) is 15.2 Å². The quantitative estimate of drug-likeness (QED) is 0.617. The number of piperazine rings is 3. The van der Waals surface area contributed by atoms with Crippen molar-refractivity contribution in [2.75, 3.05) is 32.7 Å². The van der Waals surface area contributed by atoms with Crippen molar-refractivity contribution in [1.29, 1.82) is 0 Å². The zero-order chi connectivity index (χ0) is 14.1. The van der Waals surface area contributed by atoms with E-state index in [1.54, 1.807) is 6.07 Å². The Labute approximate surface area is 117 Å². The Morgan fingerprint density at radius 1 is 1.25 bits per heavy atom. The summed E-state index contributed by atoms with van der Waals surface area (Å²) in [6.07, 6.45) is 0.398. The Kier molecular flexibility index (Phi) is 3.98. The van der Waals surface area contributed by atoms with Crippen LogP contribution in [-0.2, 0) is 6.42 Å². The van der Waals surface area contributed by atoms with Crippen LogP contribution in [0.5, 0.6) is 0 Å². The van der Waals surface area contributed by atoms with E-state index in [1.807, 2.05) is 0 Å². The van der Waals surface area contributed by atoms with Crippen molar-refractivity contribution in [2.45, 2.75) is 18.5 Å². The molecule has 3 heterocycles. The van der Waals surface area contributed by atoms with Gasteiger partial charge in [0.1, 0.15) is 0 Å². The summed E-state index contributed by atoms with van der Waals surface area (Å²) in [5.74, 6) is 4.10. The molecule has 2 atom stereocenters. The molecule has 4 rings (SSSR count). The minimum atomic E-state index is -0.799. The van der Waals surface area contributed by atoms with Gasteiger partial charge < -0.3 is 0 Å². The number of rotatable bonds is 4. The molecule has 2 bridgehead atoms. The van der Waals surface area contributed by atoms with Crippen molar-refractivity contribution in [2.24, 2.45) is 5.84 Å². The second kappa shape index (κ2) is 5.73. The van der Waals surface area contributed by atoms with Crippen LogP contribution in [0.1, 0.15) is 5.56 Å². The Balaban J connectivity index is 1.75. The van der Waals surface area contributed by atoms with Crippen LogP contribution in [0.2, 0.25) is 0 Å². The molecule has 1 aromatic carbocycles. The lowest BCUT2D eigenvalue weighted by molar-refractivity contribution is -0.00327. The average molecular weight is 282 g/mol. The molecule has 0 aliphatic carbocycles. The first-order chi connectivity index (χ1) is 9.69.